The zero-order chi connectivity index (χ0) is 18.4. The normalized spacial score (nSPS) is 19.7. The summed E-state index contributed by atoms with van der Waals surface area (Å²) in [5.41, 5.74) is 0.360. The molecular weight excluding hydrogens is 382 g/mol. The number of anilines is 1. The van der Waals surface area contributed by atoms with Crippen LogP contribution in [0.5, 0.6) is 5.75 Å². The molecule has 1 aromatic rings. The van der Waals surface area contributed by atoms with Crippen molar-refractivity contribution in [2.24, 2.45) is 5.92 Å². The van der Waals surface area contributed by atoms with E-state index in [-0.39, 0.29) is 31.0 Å². The Morgan fingerprint density at radius 3 is 2.50 bits per heavy atom. The molecule has 1 heterocycles. The van der Waals surface area contributed by atoms with Gasteiger partial charge in [-0.1, -0.05) is 0 Å². The quantitative estimate of drug-likeness (QED) is 0.493. The second-order valence-corrected chi connectivity index (χ2v) is 8.06. The summed E-state index contributed by atoms with van der Waals surface area (Å²) in [6.07, 6.45) is -0.499. The Bertz CT molecular complexity index is 682. The van der Waals surface area contributed by atoms with Gasteiger partial charge >= 0.3 is 0 Å². The number of β-amino-alcohol motifs (C(OH)–C–C–N with tert-alkyl or cyclic N) is 1. The molecular formula is C16H26ClN3O5S. The highest BCUT2D eigenvalue weighted by Gasteiger charge is 2.26. The predicted molar refractivity (Wildman–Crippen MR) is 102 cm³/mol. The van der Waals surface area contributed by atoms with E-state index in [1.165, 1.54) is 0 Å². The van der Waals surface area contributed by atoms with Gasteiger partial charge in [-0.25, -0.2) is 8.42 Å². The second-order valence-electron chi connectivity index (χ2n) is 6.34. The number of benzene rings is 1. The summed E-state index contributed by atoms with van der Waals surface area (Å²) < 4.78 is 32.0. The number of hydrogen-bond donors (Lipinski definition) is 4. The Morgan fingerprint density at radius 1 is 1.31 bits per heavy atom. The predicted octanol–water partition coefficient (Wildman–Crippen LogP) is 0.334. The number of sulfonamides is 1. The molecule has 2 unspecified atom stereocenters. The number of nitrogens with one attached hydrogen (secondary N) is 3. The molecule has 1 amide bonds. The van der Waals surface area contributed by atoms with Gasteiger partial charge in [-0.2, -0.15) is 0 Å². The van der Waals surface area contributed by atoms with Crippen molar-refractivity contribution in [1.29, 1.82) is 0 Å². The van der Waals surface area contributed by atoms with E-state index in [0.717, 1.165) is 0 Å². The lowest BCUT2D eigenvalue weighted by atomic mass is 10.1. The average molecular weight is 408 g/mol. The summed E-state index contributed by atoms with van der Waals surface area (Å²) in [6, 6.07) is 6.47. The highest BCUT2D eigenvalue weighted by Crippen LogP contribution is 2.17. The molecule has 1 saturated heterocycles. The molecule has 0 saturated carbocycles. The van der Waals surface area contributed by atoms with E-state index in [9.17, 15) is 18.3 Å². The van der Waals surface area contributed by atoms with Crippen molar-refractivity contribution in [3.05, 3.63) is 24.3 Å². The maximum atomic E-state index is 12.1. The minimum absolute atomic E-state index is 0. The number of hydrogen-bond acceptors (Lipinski definition) is 6. The third-order valence-corrected chi connectivity index (χ3v) is 4.88. The fraction of sp³-hybridized carbons (Fsp3) is 0.562. The van der Waals surface area contributed by atoms with Crippen LogP contribution in [0.2, 0.25) is 0 Å². The standard InChI is InChI=1S/C16H25N3O5S.ClH/c1-11(2)24-14-5-3-13(4-6-14)19-25(22,23)10-16(21)18-8-12-7-17-9-15(12)20;/h3-6,11-12,15,17,19-20H,7-10H2,1-2H3,(H,18,21);1H. The van der Waals surface area contributed by atoms with Crippen LogP contribution < -0.4 is 20.1 Å². The highest BCUT2D eigenvalue weighted by atomic mass is 35.5. The molecule has 1 aromatic carbocycles. The van der Waals surface area contributed by atoms with Crippen LogP contribution in [0.3, 0.4) is 0 Å². The van der Waals surface area contributed by atoms with Crippen LogP contribution >= 0.6 is 12.4 Å². The van der Waals surface area contributed by atoms with Gasteiger partial charge in [-0.15, -0.1) is 12.4 Å². The molecule has 2 atom stereocenters. The Hall–Kier alpha value is -1.55. The van der Waals surface area contributed by atoms with Gasteiger partial charge in [0, 0.05) is 31.2 Å². The monoisotopic (exact) mass is 407 g/mol. The van der Waals surface area contributed by atoms with Gasteiger partial charge in [0.2, 0.25) is 15.9 Å². The molecule has 0 spiro atoms. The Kier molecular flexibility index (Phi) is 8.61. The Morgan fingerprint density at radius 2 is 1.96 bits per heavy atom. The van der Waals surface area contributed by atoms with E-state index in [2.05, 4.69) is 15.4 Å². The van der Waals surface area contributed by atoms with Crippen LogP contribution in [0.1, 0.15) is 13.8 Å². The third-order valence-electron chi connectivity index (χ3n) is 3.69. The first-order chi connectivity index (χ1) is 11.7. The SMILES string of the molecule is CC(C)Oc1ccc(NS(=O)(=O)CC(=O)NCC2CNCC2O)cc1.Cl. The molecule has 0 aliphatic carbocycles. The second kappa shape index (κ2) is 9.96. The van der Waals surface area contributed by atoms with Gasteiger partial charge in [0.25, 0.3) is 0 Å². The Labute approximate surface area is 160 Å². The Balaban J connectivity index is 0.00000338. The molecule has 4 N–H and O–H groups in total. The van der Waals surface area contributed by atoms with Crippen LogP contribution in [-0.4, -0.2) is 57.0 Å². The molecule has 0 aromatic heterocycles. The van der Waals surface area contributed by atoms with Gasteiger partial charge in [-0.3, -0.25) is 9.52 Å². The highest BCUT2D eigenvalue weighted by molar-refractivity contribution is 7.93. The molecule has 2 rings (SSSR count). The first-order valence-electron chi connectivity index (χ1n) is 8.18. The molecule has 1 aliphatic rings. The largest absolute Gasteiger partial charge is 0.491 e. The van der Waals surface area contributed by atoms with Gasteiger partial charge in [0.05, 0.1) is 12.2 Å². The van der Waals surface area contributed by atoms with Crippen molar-refractivity contribution in [3.63, 3.8) is 0 Å². The number of aliphatic hydroxyl groups excluding tert-OH is 1. The fourth-order valence-corrected chi connectivity index (χ4v) is 3.50. The molecule has 148 valence electrons. The zero-order valence-corrected chi connectivity index (χ0v) is 16.4. The summed E-state index contributed by atoms with van der Waals surface area (Å²) in [5.74, 6) is -0.744. The molecule has 10 heteroatoms. The molecule has 0 radical (unpaired) electrons. The van der Waals surface area contributed by atoms with Crippen LogP contribution in [0, 0.1) is 5.92 Å². The van der Waals surface area contributed by atoms with Crippen LogP contribution in [0.4, 0.5) is 5.69 Å². The van der Waals surface area contributed by atoms with Crippen molar-refractivity contribution in [3.8, 4) is 5.75 Å². The topological polar surface area (TPSA) is 117 Å². The van der Waals surface area contributed by atoms with Gasteiger partial charge in [-0.05, 0) is 38.1 Å². The number of halogens is 1. The van der Waals surface area contributed by atoms with Crippen molar-refractivity contribution in [2.75, 3.05) is 30.1 Å². The average Bonchev–Trinajstić information content (AvgIpc) is 2.91. The first kappa shape index (κ1) is 22.5. The maximum absolute atomic E-state index is 12.1. The van der Waals surface area contributed by atoms with E-state index in [1.807, 2.05) is 13.8 Å². The van der Waals surface area contributed by atoms with E-state index >= 15 is 0 Å². The molecule has 8 nitrogen and oxygen atoms in total. The molecule has 1 aliphatic heterocycles. The fourth-order valence-electron chi connectivity index (χ4n) is 2.49. The number of aliphatic hydroxyl groups is 1. The first-order valence-corrected chi connectivity index (χ1v) is 9.83. The van der Waals surface area contributed by atoms with E-state index in [1.54, 1.807) is 24.3 Å². The van der Waals surface area contributed by atoms with Crippen molar-refractivity contribution in [2.45, 2.75) is 26.1 Å². The van der Waals surface area contributed by atoms with E-state index in [0.29, 0.717) is 24.5 Å². The lowest BCUT2D eigenvalue weighted by molar-refractivity contribution is -0.118. The number of ether oxygens (including phenoxy) is 1. The number of carbonyl (C=O) groups excluding carboxylic acids is 1. The number of rotatable bonds is 8. The van der Waals surface area contributed by atoms with Gasteiger partial charge < -0.3 is 20.5 Å². The smallest absolute Gasteiger partial charge is 0.241 e. The van der Waals surface area contributed by atoms with Crippen molar-refractivity contribution < 1.29 is 23.1 Å². The molecule has 1 fully saturated rings. The van der Waals surface area contributed by atoms with E-state index in [4.69, 9.17) is 4.74 Å². The van der Waals surface area contributed by atoms with E-state index < -0.39 is 27.8 Å². The summed E-state index contributed by atoms with van der Waals surface area (Å²) in [4.78, 5) is 11.8. The van der Waals surface area contributed by atoms with Crippen LogP contribution in [0.25, 0.3) is 0 Å². The minimum Gasteiger partial charge on any atom is -0.491 e. The molecule has 26 heavy (non-hydrogen) atoms. The zero-order valence-electron chi connectivity index (χ0n) is 14.8. The lowest BCUT2D eigenvalue weighted by Gasteiger charge is -2.14. The van der Waals surface area contributed by atoms with Crippen LogP contribution in [0.15, 0.2) is 24.3 Å². The van der Waals surface area contributed by atoms with Gasteiger partial charge in [0.15, 0.2) is 0 Å². The number of carbonyl (C=O) groups is 1. The molecule has 0 bridgehead atoms. The summed E-state index contributed by atoms with van der Waals surface area (Å²) >= 11 is 0. The maximum Gasteiger partial charge on any atom is 0.241 e. The van der Waals surface area contributed by atoms with Gasteiger partial charge in [0.1, 0.15) is 11.5 Å². The number of amides is 1. The van der Waals surface area contributed by atoms with Crippen molar-refractivity contribution >= 4 is 34.0 Å². The summed E-state index contributed by atoms with van der Waals surface area (Å²) in [7, 11) is -3.81. The third kappa shape index (κ3) is 7.36. The van der Waals surface area contributed by atoms with Crippen molar-refractivity contribution in [1.82, 2.24) is 10.6 Å². The minimum atomic E-state index is -3.81. The summed E-state index contributed by atoms with van der Waals surface area (Å²) in [6.45, 7) is 5.11. The lowest BCUT2D eigenvalue weighted by Crippen LogP contribution is -2.38. The summed E-state index contributed by atoms with van der Waals surface area (Å²) in [5, 5.41) is 15.2. The van der Waals surface area contributed by atoms with Crippen LogP contribution in [-0.2, 0) is 14.8 Å².